The van der Waals surface area contributed by atoms with Gasteiger partial charge in [0, 0.05) is 17.6 Å². The standard InChI is InChI=1S/C29H49N3O5/c1-11-14-20(6)30-26(34)24(22-16-13-15-19(5)25(22)33)32(21(7)12-2)27(35)23(17-18(3)4)31-28(36)37-29(8,9)10/h13,15-16,18,20-21,23-24,33H,11-12,14,17H2,1-10H3,(H,30,34)(H,31,36). The van der Waals surface area contributed by atoms with Crippen LogP contribution in [0.25, 0.3) is 0 Å². The Bertz CT molecular complexity index is 909. The van der Waals surface area contributed by atoms with Gasteiger partial charge >= 0.3 is 6.09 Å². The van der Waals surface area contributed by atoms with E-state index in [1.165, 1.54) is 4.90 Å². The molecule has 1 rings (SSSR count). The fourth-order valence-corrected chi connectivity index (χ4v) is 4.26. The van der Waals surface area contributed by atoms with Crippen LogP contribution in [0.4, 0.5) is 4.79 Å². The third-order valence-corrected chi connectivity index (χ3v) is 6.22. The summed E-state index contributed by atoms with van der Waals surface area (Å²) in [5, 5.41) is 16.8. The van der Waals surface area contributed by atoms with E-state index in [4.69, 9.17) is 4.74 Å². The Morgan fingerprint density at radius 1 is 1.05 bits per heavy atom. The van der Waals surface area contributed by atoms with Gasteiger partial charge in [-0.1, -0.05) is 52.3 Å². The highest BCUT2D eigenvalue weighted by atomic mass is 16.6. The number of alkyl carbamates (subject to hydrolysis) is 1. The van der Waals surface area contributed by atoms with Crippen LogP contribution in [0.1, 0.15) is 105 Å². The zero-order valence-electron chi connectivity index (χ0n) is 24.5. The first-order valence-corrected chi connectivity index (χ1v) is 13.5. The topological polar surface area (TPSA) is 108 Å². The lowest BCUT2D eigenvalue weighted by atomic mass is 9.95. The first-order valence-electron chi connectivity index (χ1n) is 13.5. The molecular weight excluding hydrogens is 470 g/mol. The van der Waals surface area contributed by atoms with Crippen molar-refractivity contribution < 1.29 is 24.2 Å². The van der Waals surface area contributed by atoms with Gasteiger partial charge in [-0.2, -0.15) is 0 Å². The van der Waals surface area contributed by atoms with E-state index in [1.54, 1.807) is 45.9 Å². The lowest BCUT2D eigenvalue weighted by molar-refractivity contribution is -0.145. The van der Waals surface area contributed by atoms with Crippen LogP contribution in [0.5, 0.6) is 5.75 Å². The third kappa shape index (κ3) is 9.90. The molecule has 3 N–H and O–H groups in total. The summed E-state index contributed by atoms with van der Waals surface area (Å²) < 4.78 is 5.43. The van der Waals surface area contributed by atoms with E-state index < -0.39 is 29.7 Å². The number of benzene rings is 1. The van der Waals surface area contributed by atoms with Gasteiger partial charge in [0.1, 0.15) is 23.4 Å². The molecule has 37 heavy (non-hydrogen) atoms. The second kappa shape index (κ2) is 14.2. The molecule has 0 fully saturated rings. The molecule has 0 aliphatic rings. The van der Waals surface area contributed by atoms with Crippen LogP contribution in [0, 0.1) is 12.8 Å². The molecule has 0 aliphatic heterocycles. The molecule has 0 aliphatic carbocycles. The number of carbonyl (C=O) groups is 3. The molecule has 4 unspecified atom stereocenters. The molecule has 8 heteroatoms. The van der Waals surface area contributed by atoms with Crippen LogP contribution >= 0.6 is 0 Å². The second-order valence-corrected chi connectivity index (χ2v) is 11.4. The first kappa shape index (κ1) is 32.3. The largest absolute Gasteiger partial charge is 0.507 e. The SMILES string of the molecule is CCCC(C)NC(=O)C(c1cccc(C)c1O)N(C(=O)C(CC(C)C)NC(=O)OC(C)(C)C)C(C)CC. The molecule has 0 saturated carbocycles. The number of hydrogen-bond donors (Lipinski definition) is 3. The number of amides is 3. The fourth-order valence-electron chi connectivity index (χ4n) is 4.26. The predicted molar refractivity (Wildman–Crippen MR) is 147 cm³/mol. The maximum Gasteiger partial charge on any atom is 0.408 e. The van der Waals surface area contributed by atoms with Crippen LogP contribution in [0.15, 0.2) is 18.2 Å². The molecule has 210 valence electrons. The lowest BCUT2D eigenvalue weighted by Gasteiger charge is -2.39. The molecule has 0 radical (unpaired) electrons. The van der Waals surface area contributed by atoms with E-state index in [2.05, 4.69) is 10.6 Å². The zero-order chi connectivity index (χ0) is 28.5. The summed E-state index contributed by atoms with van der Waals surface area (Å²) in [5.41, 5.74) is 0.242. The molecule has 0 aromatic heterocycles. The summed E-state index contributed by atoms with van der Waals surface area (Å²) >= 11 is 0. The molecular formula is C29H49N3O5. The molecule has 0 heterocycles. The molecule has 0 spiro atoms. The highest BCUT2D eigenvalue weighted by Gasteiger charge is 2.40. The summed E-state index contributed by atoms with van der Waals surface area (Å²) in [4.78, 5) is 42.2. The summed E-state index contributed by atoms with van der Waals surface area (Å²) in [7, 11) is 0. The quantitative estimate of drug-likeness (QED) is 0.332. The second-order valence-electron chi connectivity index (χ2n) is 11.4. The minimum atomic E-state index is -1.07. The first-order chi connectivity index (χ1) is 17.1. The normalized spacial score (nSPS) is 14.9. The highest BCUT2D eigenvalue weighted by Crippen LogP contribution is 2.34. The number of hydrogen-bond acceptors (Lipinski definition) is 5. The summed E-state index contributed by atoms with van der Waals surface area (Å²) in [6.45, 7) is 18.8. The average Bonchev–Trinajstić information content (AvgIpc) is 2.76. The van der Waals surface area contributed by atoms with E-state index in [0.29, 0.717) is 24.0 Å². The number of aromatic hydroxyl groups is 1. The Morgan fingerprint density at radius 3 is 2.19 bits per heavy atom. The molecule has 8 nitrogen and oxygen atoms in total. The van der Waals surface area contributed by atoms with Crippen molar-refractivity contribution >= 4 is 17.9 Å². The lowest BCUT2D eigenvalue weighted by Crippen LogP contribution is -2.56. The number of carbonyl (C=O) groups excluding carboxylic acids is 3. The Morgan fingerprint density at radius 2 is 1.68 bits per heavy atom. The van der Waals surface area contributed by atoms with Crippen molar-refractivity contribution in [2.24, 2.45) is 5.92 Å². The van der Waals surface area contributed by atoms with Gasteiger partial charge in [0.15, 0.2) is 0 Å². The van der Waals surface area contributed by atoms with Crippen molar-refractivity contribution in [3.63, 3.8) is 0 Å². The Kier molecular flexibility index (Phi) is 12.4. The zero-order valence-corrected chi connectivity index (χ0v) is 24.5. The van der Waals surface area contributed by atoms with Gasteiger partial charge in [0.25, 0.3) is 0 Å². The number of para-hydroxylation sites is 1. The molecule has 0 bridgehead atoms. The van der Waals surface area contributed by atoms with E-state index in [9.17, 15) is 19.5 Å². The summed E-state index contributed by atoms with van der Waals surface area (Å²) in [6.07, 6.45) is 1.93. The van der Waals surface area contributed by atoms with Crippen molar-refractivity contribution in [3.05, 3.63) is 29.3 Å². The van der Waals surface area contributed by atoms with Gasteiger partial charge in [-0.15, -0.1) is 0 Å². The van der Waals surface area contributed by atoms with Gasteiger partial charge in [-0.05, 0) is 72.3 Å². The van der Waals surface area contributed by atoms with Gasteiger partial charge in [-0.3, -0.25) is 9.59 Å². The van der Waals surface area contributed by atoms with E-state index in [1.807, 2.05) is 41.5 Å². The maximum absolute atomic E-state index is 14.2. The van der Waals surface area contributed by atoms with Gasteiger partial charge < -0.3 is 25.4 Å². The number of nitrogens with zero attached hydrogens (tertiary/aromatic N) is 1. The van der Waals surface area contributed by atoms with Crippen molar-refractivity contribution in [1.29, 1.82) is 0 Å². The minimum Gasteiger partial charge on any atom is -0.507 e. The Balaban J connectivity index is 3.62. The predicted octanol–water partition coefficient (Wildman–Crippen LogP) is 5.61. The van der Waals surface area contributed by atoms with Crippen molar-refractivity contribution in [3.8, 4) is 5.75 Å². The molecule has 3 amide bonds. The molecule has 0 saturated heterocycles. The fraction of sp³-hybridized carbons (Fsp3) is 0.690. The minimum absolute atomic E-state index is 0.0209. The van der Waals surface area contributed by atoms with E-state index in [-0.39, 0.29) is 29.7 Å². The molecule has 1 aromatic rings. The number of nitrogens with one attached hydrogen (secondary N) is 2. The van der Waals surface area contributed by atoms with Crippen LogP contribution in [0.3, 0.4) is 0 Å². The molecule has 1 aromatic carbocycles. The van der Waals surface area contributed by atoms with Crippen molar-refractivity contribution in [2.75, 3.05) is 0 Å². The number of aryl methyl sites for hydroxylation is 1. The summed E-state index contributed by atoms with van der Waals surface area (Å²) in [5.74, 6) is -0.687. The third-order valence-electron chi connectivity index (χ3n) is 6.22. The number of rotatable bonds is 12. The molecule has 4 atom stereocenters. The smallest absolute Gasteiger partial charge is 0.408 e. The number of ether oxygens (including phenoxy) is 1. The van der Waals surface area contributed by atoms with Gasteiger partial charge in [0.05, 0.1) is 0 Å². The van der Waals surface area contributed by atoms with Crippen molar-refractivity contribution in [1.82, 2.24) is 15.5 Å². The van der Waals surface area contributed by atoms with Crippen molar-refractivity contribution in [2.45, 2.75) is 125 Å². The Hall–Kier alpha value is -2.77. The maximum atomic E-state index is 14.2. The number of phenols is 1. The van der Waals surface area contributed by atoms with E-state index in [0.717, 1.165) is 12.8 Å². The van der Waals surface area contributed by atoms with Crippen LogP contribution < -0.4 is 10.6 Å². The highest BCUT2D eigenvalue weighted by molar-refractivity contribution is 5.93. The number of phenolic OH excluding ortho intramolecular Hbond substituents is 1. The Labute approximate surface area is 223 Å². The average molecular weight is 520 g/mol. The van der Waals surface area contributed by atoms with Gasteiger partial charge in [0.2, 0.25) is 11.8 Å². The van der Waals surface area contributed by atoms with Crippen LogP contribution in [-0.2, 0) is 14.3 Å². The van der Waals surface area contributed by atoms with Gasteiger partial charge in [-0.25, -0.2) is 4.79 Å². The van der Waals surface area contributed by atoms with Crippen LogP contribution in [0.2, 0.25) is 0 Å². The monoisotopic (exact) mass is 519 g/mol. The summed E-state index contributed by atoms with van der Waals surface area (Å²) in [6, 6.07) is 2.78. The van der Waals surface area contributed by atoms with E-state index >= 15 is 0 Å². The van der Waals surface area contributed by atoms with Crippen LogP contribution in [-0.4, -0.2) is 51.6 Å².